The van der Waals surface area contributed by atoms with Gasteiger partial charge in [-0.05, 0) is 37.5 Å². The maximum Gasteiger partial charge on any atom is 0.416 e. The van der Waals surface area contributed by atoms with Crippen LogP contribution in [0.25, 0.3) is 0 Å². The van der Waals surface area contributed by atoms with E-state index in [1.807, 2.05) is 19.1 Å². The molecule has 0 aliphatic rings. The number of alkyl halides is 3. The minimum absolute atomic E-state index is 0.282. The van der Waals surface area contributed by atoms with Crippen molar-refractivity contribution in [1.82, 2.24) is 0 Å². The van der Waals surface area contributed by atoms with Gasteiger partial charge in [0, 0.05) is 0 Å². The van der Waals surface area contributed by atoms with Crippen molar-refractivity contribution >= 4 is 0 Å². The first-order valence-electron chi connectivity index (χ1n) is 4.73. The third-order valence-corrected chi connectivity index (χ3v) is 2.19. The van der Waals surface area contributed by atoms with E-state index >= 15 is 0 Å². The highest BCUT2D eigenvalue weighted by molar-refractivity contribution is 5.33. The van der Waals surface area contributed by atoms with Crippen LogP contribution in [0.3, 0.4) is 0 Å². The lowest BCUT2D eigenvalue weighted by atomic mass is 10.0. The fourth-order valence-electron chi connectivity index (χ4n) is 1.42. The highest BCUT2D eigenvalue weighted by Gasteiger charge is 2.31. The predicted octanol–water partition coefficient (Wildman–Crippen LogP) is 4.13. The zero-order valence-electron chi connectivity index (χ0n) is 8.73. The van der Waals surface area contributed by atoms with Crippen LogP contribution in [0.5, 0.6) is 0 Å². The van der Waals surface area contributed by atoms with Crippen LogP contribution in [0.1, 0.15) is 23.6 Å². The Morgan fingerprint density at radius 1 is 1.27 bits per heavy atom. The van der Waals surface area contributed by atoms with Gasteiger partial charge in [0.05, 0.1) is 5.56 Å². The van der Waals surface area contributed by atoms with Crippen LogP contribution in [-0.2, 0) is 12.6 Å². The first kappa shape index (κ1) is 11.8. The molecule has 1 aromatic carbocycles. The van der Waals surface area contributed by atoms with Gasteiger partial charge in [-0.3, -0.25) is 0 Å². The fourth-order valence-corrected chi connectivity index (χ4v) is 1.42. The lowest BCUT2D eigenvalue weighted by molar-refractivity contribution is -0.138. The number of rotatable bonds is 2. The molecule has 0 aliphatic carbocycles. The fraction of sp³-hybridized carbons (Fsp3) is 0.333. The minimum Gasteiger partial charge on any atom is -0.166 e. The number of aryl methyl sites for hydroxylation is 1. The lowest BCUT2D eigenvalue weighted by Crippen LogP contribution is -2.07. The summed E-state index contributed by atoms with van der Waals surface area (Å²) in [6, 6.07) is 4.26. The van der Waals surface area contributed by atoms with Crippen molar-refractivity contribution in [2.24, 2.45) is 0 Å². The summed E-state index contributed by atoms with van der Waals surface area (Å²) in [6.45, 7) is 3.37. The number of halogens is 3. The molecule has 0 spiro atoms. The summed E-state index contributed by atoms with van der Waals surface area (Å²) in [6.07, 6.45) is 0.230. The van der Waals surface area contributed by atoms with Gasteiger partial charge in [-0.25, -0.2) is 0 Å². The van der Waals surface area contributed by atoms with Crippen molar-refractivity contribution in [1.29, 1.82) is 0 Å². The van der Waals surface area contributed by atoms with Gasteiger partial charge >= 0.3 is 6.18 Å². The molecule has 0 saturated carbocycles. The molecule has 0 aliphatic heterocycles. The number of hydrogen-bond acceptors (Lipinski definition) is 0. The van der Waals surface area contributed by atoms with Crippen molar-refractivity contribution in [3.05, 3.63) is 47.0 Å². The molecule has 0 heterocycles. The third kappa shape index (κ3) is 3.11. The monoisotopic (exact) mass is 214 g/mol. The van der Waals surface area contributed by atoms with Crippen LogP contribution in [0.2, 0.25) is 0 Å². The number of allylic oxidation sites excluding steroid dienone is 2. The maximum atomic E-state index is 12.4. The third-order valence-electron chi connectivity index (χ3n) is 2.19. The first-order chi connectivity index (χ1) is 6.95. The van der Waals surface area contributed by atoms with Gasteiger partial charge in [0.15, 0.2) is 0 Å². The number of benzene rings is 1. The molecule has 0 bridgehead atoms. The predicted molar refractivity (Wildman–Crippen MR) is 54.7 cm³/mol. The molecule has 0 unspecified atom stereocenters. The van der Waals surface area contributed by atoms with Gasteiger partial charge < -0.3 is 0 Å². The second kappa shape index (κ2) is 4.51. The van der Waals surface area contributed by atoms with E-state index < -0.39 is 11.7 Å². The summed E-state index contributed by atoms with van der Waals surface area (Å²) in [7, 11) is 0. The SMILES string of the molecule is C/C=C\Cc1ccc(C(F)(F)F)c(C)c1. The van der Waals surface area contributed by atoms with Crippen molar-refractivity contribution in [3.63, 3.8) is 0 Å². The zero-order valence-corrected chi connectivity index (χ0v) is 8.73. The Labute approximate surface area is 87.4 Å². The molecule has 0 aromatic heterocycles. The summed E-state index contributed by atoms with van der Waals surface area (Å²) in [5, 5.41) is 0. The summed E-state index contributed by atoms with van der Waals surface area (Å²) >= 11 is 0. The largest absolute Gasteiger partial charge is 0.416 e. The molecule has 1 aromatic rings. The normalized spacial score (nSPS) is 12.3. The molecular weight excluding hydrogens is 201 g/mol. The van der Waals surface area contributed by atoms with E-state index in [0.29, 0.717) is 6.42 Å². The van der Waals surface area contributed by atoms with E-state index in [1.165, 1.54) is 13.0 Å². The minimum atomic E-state index is -4.25. The van der Waals surface area contributed by atoms with Gasteiger partial charge in [0.1, 0.15) is 0 Å². The van der Waals surface area contributed by atoms with Crippen LogP contribution in [0.4, 0.5) is 13.2 Å². The van der Waals surface area contributed by atoms with E-state index in [1.54, 1.807) is 6.07 Å². The highest BCUT2D eigenvalue weighted by Crippen LogP contribution is 2.32. The summed E-state index contributed by atoms with van der Waals surface area (Å²) in [5.41, 5.74) is 0.634. The average Bonchev–Trinajstić information content (AvgIpc) is 2.12. The molecule has 3 heteroatoms. The maximum absolute atomic E-state index is 12.4. The van der Waals surface area contributed by atoms with Crippen LogP contribution in [-0.4, -0.2) is 0 Å². The smallest absolute Gasteiger partial charge is 0.166 e. The molecule has 0 atom stereocenters. The molecule has 15 heavy (non-hydrogen) atoms. The Hall–Kier alpha value is -1.25. The topological polar surface area (TPSA) is 0 Å². The van der Waals surface area contributed by atoms with Crippen molar-refractivity contribution in [3.8, 4) is 0 Å². The van der Waals surface area contributed by atoms with E-state index in [4.69, 9.17) is 0 Å². The van der Waals surface area contributed by atoms with Crippen molar-refractivity contribution < 1.29 is 13.2 Å². The van der Waals surface area contributed by atoms with E-state index in [-0.39, 0.29) is 5.56 Å². The van der Waals surface area contributed by atoms with E-state index in [2.05, 4.69) is 0 Å². The highest BCUT2D eigenvalue weighted by atomic mass is 19.4. The lowest BCUT2D eigenvalue weighted by Gasteiger charge is -2.10. The van der Waals surface area contributed by atoms with Gasteiger partial charge in [-0.1, -0.05) is 24.3 Å². The molecule has 0 saturated heterocycles. The van der Waals surface area contributed by atoms with Crippen LogP contribution in [0, 0.1) is 6.92 Å². The van der Waals surface area contributed by atoms with Gasteiger partial charge in [0.2, 0.25) is 0 Å². The molecular formula is C12H13F3. The molecule has 0 fully saturated rings. The zero-order chi connectivity index (χ0) is 11.5. The Morgan fingerprint density at radius 3 is 2.40 bits per heavy atom. The van der Waals surface area contributed by atoms with Gasteiger partial charge in [-0.15, -0.1) is 0 Å². The molecule has 0 radical (unpaired) electrons. The Kier molecular flexibility index (Phi) is 3.56. The van der Waals surface area contributed by atoms with Crippen LogP contribution < -0.4 is 0 Å². The Bertz CT molecular complexity index is 362. The van der Waals surface area contributed by atoms with Crippen LogP contribution >= 0.6 is 0 Å². The standard InChI is InChI=1S/C12H13F3/c1-3-4-5-10-6-7-11(9(2)8-10)12(13,14)15/h3-4,6-8H,5H2,1-2H3/b4-3-. The van der Waals surface area contributed by atoms with Gasteiger partial charge in [0.25, 0.3) is 0 Å². The Morgan fingerprint density at radius 2 is 1.93 bits per heavy atom. The van der Waals surface area contributed by atoms with Crippen molar-refractivity contribution in [2.75, 3.05) is 0 Å². The molecule has 0 nitrogen and oxygen atoms in total. The number of hydrogen-bond donors (Lipinski definition) is 0. The Balaban J connectivity index is 2.98. The summed E-state index contributed by atoms with van der Waals surface area (Å²) < 4.78 is 37.3. The summed E-state index contributed by atoms with van der Waals surface area (Å²) in [5.74, 6) is 0. The van der Waals surface area contributed by atoms with E-state index in [0.717, 1.165) is 11.6 Å². The quantitative estimate of drug-likeness (QED) is 0.649. The summed E-state index contributed by atoms with van der Waals surface area (Å²) in [4.78, 5) is 0. The van der Waals surface area contributed by atoms with E-state index in [9.17, 15) is 13.2 Å². The van der Waals surface area contributed by atoms with Crippen molar-refractivity contribution in [2.45, 2.75) is 26.4 Å². The average molecular weight is 214 g/mol. The second-order valence-corrected chi connectivity index (χ2v) is 3.42. The first-order valence-corrected chi connectivity index (χ1v) is 4.73. The molecule has 0 amide bonds. The van der Waals surface area contributed by atoms with Gasteiger partial charge in [-0.2, -0.15) is 13.2 Å². The van der Waals surface area contributed by atoms with Crippen LogP contribution in [0.15, 0.2) is 30.4 Å². The molecule has 1 rings (SSSR count). The molecule has 0 N–H and O–H groups in total. The molecule has 82 valence electrons. The second-order valence-electron chi connectivity index (χ2n) is 3.42.